The fourth-order valence-corrected chi connectivity index (χ4v) is 3.03. The minimum absolute atomic E-state index is 0.0507. The predicted molar refractivity (Wildman–Crippen MR) is 112 cm³/mol. The minimum atomic E-state index is -1.02. The van der Waals surface area contributed by atoms with Crippen molar-refractivity contribution in [2.24, 2.45) is 0 Å². The summed E-state index contributed by atoms with van der Waals surface area (Å²) in [4.78, 5) is 37.2. The molecule has 1 N–H and O–H groups in total. The molecule has 0 aliphatic heterocycles. The maximum absolute atomic E-state index is 12.7. The topological polar surface area (TPSA) is 83.9 Å². The quantitative estimate of drug-likeness (QED) is 0.704. The first-order valence-corrected chi connectivity index (χ1v) is 9.46. The molecule has 2 aromatic rings. The van der Waals surface area contributed by atoms with Crippen molar-refractivity contribution in [2.75, 3.05) is 18.1 Å². The van der Waals surface area contributed by atoms with Gasteiger partial charge in [-0.15, -0.1) is 0 Å². The number of anilines is 1. The lowest BCUT2D eigenvalue weighted by molar-refractivity contribution is -0.116. The highest BCUT2D eigenvalue weighted by molar-refractivity contribution is 5.99. The van der Waals surface area contributed by atoms with Gasteiger partial charge in [-0.1, -0.05) is 20.8 Å². The molecule has 0 aromatic heterocycles. The second kappa shape index (κ2) is 8.90. The highest BCUT2D eigenvalue weighted by atomic mass is 16.5. The van der Waals surface area contributed by atoms with Crippen LogP contribution in [0.3, 0.4) is 0 Å². The van der Waals surface area contributed by atoms with Gasteiger partial charge < -0.3 is 14.7 Å². The number of carboxylic acids is 1. The summed E-state index contributed by atoms with van der Waals surface area (Å²) in [5.41, 5.74) is 2.10. The van der Waals surface area contributed by atoms with Crippen molar-refractivity contribution in [2.45, 2.75) is 40.0 Å². The first kappa shape index (κ1) is 22.1. The second-order valence-corrected chi connectivity index (χ2v) is 7.79. The molecule has 0 atom stereocenters. The number of carbonyl (C=O) groups excluding carboxylic acids is 2. The van der Waals surface area contributed by atoms with Gasteiger partial charge in [-0.25, -0.2) is 4.79 Å². The number of carboxylic acid groups (broad SMARTS) is 1. The Balaban J connectivity index is 2.24. The lowest BCUT2D eigenvalue weighted by Gasteiger charge is -2.29. The van der Waals surface area contributed by atoms with E-state index in [9.17, 15) is 14.4 Å². The molecule has 0 unspecified atom stereocenters. The fraction of sp³-hybridized carbons (Fsp3) is 0.348. The van der Waals surface area contributed by atoms with Gasteiger partial charge in [0.25, 0.3) is 0 Å². The van der Waals surface area contributed by atoms with E-state index in [2.05, 4.69) is 0 Å². The highest BCUT2D eigenvalue weighted by Gasteiger charge is 2.24. The molecular weight excluding hydrogens is 370 g/mol. The van der Waals surface area contributed by atoms with E-state index in [4.69, 9.17) is 9.84 Å². The van der Waals surface area contributed by atoms with Gasteiger partial charge in [0.15, 0.2) is 12.4 Å². The standard InChI is InChI=1S/C23H27NO5/c1-6-24(15(2)25)20-12-9-17(13-19(20)23(3,4)5)21(26)14-29-18-10-7-16(8-11-18)22(27)28/h7-13H,6,14H2,1-5H3,(H,27,28). The Kier molecular flexibility index (Phi) is 6.80. The van der Waals surface area contributed by atoms with Gasteiger partial charge in [0.1, 0.15) is 5.75 Å². The van der Waals surface area contributed by atoms with E-state index in [0.29, 0.717) is 17.9 Å². The van der Waals surface area contributed by atoms with Gasteiger partial charge in [-0.2, -0.15) is 0 Å². The van der Waals surface area contributed by atoms with E-state index in [1.165, 1.54) is 31.2 Å². The molecule has 2 aromatic carbocycles. The van der Waals surface area contributed by atoms with Crippen LogP contribution in [0.25, 0.3) is 0 Å². The third-order valence-corrected chi connectivity index (χ3v) is 4.58. The van der Waals surface area contributed by atoms with E-state index in [0.717, 1.165) is 11.3 Å². The number of hydrogen-bond donors (Lipinski definition) is 1. The maximum Gasteiger partial charge on any atom is 0.335 e. The van der Waals surface area contributed by atoms with Gasteiger partial charge in [0, 0.05) is 24.7 Å². The zero-order valence-corrected chi connectivity index (χ0v) is 17.5. The van der Waals surface area contributed by atoms with E-state index >= 15 is 0 Å². The Morgan fingerprint density at radius 2 is 1.59 bits per heavy atom. The molecule has 0 spiro atoms. The third-order valence-electron chi connectivity index (χ3n) is 4.58. The van der Waals surface area contributed by atoms with Gasteiger partial charge in [-0.05, 0) is 60.4 Å². The minimum Gasteiger partial charge on any atom is -0.485 e. The number of benzene rings is 2. The molecule has 1 amide bonds. The van der Waals surface area contributed by atoms with Crippen LogP contribution in [0.1, 0.15) is 60.9 Å². The molecule has 6 heteroatoms. The summed E-state index contributed by atoms with van der Waals surface area (Å²) in [6, 6.07) is 11.2. The zero-order valence-electron chi connectivity index (χ0n) is 17.5. The summed E-state index contributed by atoms with van der Waals surface area (Å²) in [6.45, 7) is 9.92. The van der Waals surface area contributed by atoms with Crippen molar-refractivity contribution in [3.8, 4) is 5.75 Å². The van der Waals surface area contributed by atoms with Gasteiger partial charge in [0.2, 0.25) is 5.91 Å². The zero-order chi connectivity index (χ0) is 21.8. The molecule has 0 heterocycles. The van der Waals surface area contributed by atoms with Gasteiger partial charge >= 0.3 is 5.97 Å². The molecule has 0 aliphatic carbocycles. The van der Waals surface area contributed by atoms with Crippen molar-refractivity contribution in [1.29, 1.82) is 0 Å². The Labute approximate surface area is 171 Å². The molecule has 0 fully saturated rings. The van der Waals surface area contributed by atoms with Crippen molar-refractivity contribution in [1.82, 2.24) is 0 Å². The Morgan fingerprint density at radius 1 is 1.00 bits per heavy atom. The number of aromatic carboxylic acids is 1. The molecule has 154 valence electrons. The first-order chi connectivity index (χ1) is 13.5. The molecule has 0 saturated carbocycles. The fourth-order valence-electron chi connectivity index (χ4n) is 3.03. The molecule has 29 heavy (non-hydrogen) atoms. The van der Waals surface area contributed by atoms with Crippen LogP contribution in [0, 0.1) is 0 Å². The first-order valence-electron chi connectivity index (χ1n) is 9.46. The molecule has 6 nitrogen and oxygen atoms in total. The molecule has 0 bridgehead atoms. The highest BCUT2D eigenvalue weighted by Crippen LogP contribution is 2.33. The number of nitrogens with zero attached hydrogens (tertiary/aromatic N) is 1. The Hall–Kier alpha value is -3.15. The predicted octanol–water partition coefficient (Wildman–Crippen LogP) is 4.32. The molecular formula is C23H27NO5. The third kappa shape index (κ3) is 5.44. The lowest BCUT2D eigenvalue weighted by Crippen LogP contribution is -2.31. The maximum atomic E-state index is 12.7. The molecule has 2 rings (SSSR count). The van der Waals surface area contributed by atoms with Crippen LogP contribution in [-0.4, -0.2) is 35.9 Å². The molecule has 0 aliphatic rings. The smallest absolute Gasteiger partial charge is 0.335 e. The number of hydrogen-bond acceptors (Lipinski definition) is 4. The van der Waals surface area contributed by atoms with E-state index in [-0.39, 0.29) is 29.3 Å². The summed E-state index contributed by atoms with van der Waals surface area (Å²) < 4.78 is 5.51. The van der Waals surface area contributed by atoms with E-state index < -0.39 is 5.97 Å². The van der Waals surface area contributed by atoms with Crippen LogP contribution in [0.4, 0.5) is 5.69 Å². The van der Waals surface area contributed by atoms with Crippen molar-refractivity contribution < 1.29 is 24.2 Å². The van der Waals surface area contributed by atoms with Gasteiger partial charge in [-0.3, -0.25) is 9.59 Å². The second-order valence-electron chi connectivity index (χ2n) is 7.79. The normalized spacial score (nSPS) is 11.1. The van der Waals surface area contributed by atoms with Crippen molar-refractivity contribution in [3.63, 3.8) is 0 Å². The van der Waals surface area contributed by atoms with Crippen LogP contribution in [0.5, 0.6) is 5.75 Å². The number of carbonyl (C=O) groups is 3. The summed E-state index contributed by atoms with van der Waals surface area (Å²) in [5, 5.41) is 8.93. The van der Waals surface area contributed by atoms with Gasteiger partial charge in [0.05, 0.1) is 5.56 Å². The average Bonchev–Trinajstić information content (AvgIpc) is 2.66. The van der Waals surface area contributed by atoms with Crippen LogP contribution >= 0.6 is 0 Å². The van der Waals surface area contributed by atoms with Crippen LogP contribution in [-0.2, 0) is 10.2 Å². The van der Waals surface area contributed by atoms with Crippen molar-refractivity contribution >= 4 is 23.3 Å². The SMILES string of the molecule is CCN(C(C)=O)c1ccc(C(=O)COc2ccc(C(=O)O)cc2)cc1C(C)(C)C. The lowest BCUT2D eigenvalue weighted by atomic mass is 9.84. The van der Waals surface area contributed by atoms with Crippen molar-refractivity contribution in [3.05, 3.63) is 59.2 Å². The van der Waals surface area contributed by atoms with E-state index in [1.807, 2.05) is 33.8 Å². The summed E-state index contributed by atoms with van der Waals surface area (Å²) in [6.07, 6.45) is 0. The average molecular weight is 397 g/mol. The van der Waals surface area contributed by atoms with Crippen LogP contribution < -0.4 is 9.64 Å². The number of rotatable bonds is 7. The molecule has 0 saturated heterocycles. The summed E-state index contributed by atoms with van der Waals surface area (Å²) >= 11 is 0. The monoisotopic (exact) mass is 397 g/mol. The number of ketones is 1. The summed E-state index contributed by atoms with van der Waals surface area (Å²) in [5.74, 6) is -0.848. The Bertz CT molecular complexity index is 910. The number of ether oxygens (including phenoxy) is 1. The van der Waals surface area contributed by atoms with E-state index in [1.54, 1.807) is 17.0 Å². The van der Waals surface area contributed by atoms with Crippen LogP contribution in [0.2, 0.25) is 0 Å². The molecule has 0 radical (unpaired) electrons. The summed E-state index contributed by atoms with van der Waals surface area (Å²) in [7, 11) is 0. The van der Waals surface area contributed by atoms with Crippen LogP contribution in [0.15, 0.2) is 42.5 Å². The number of amides is 1. The largest absolute Gasteiger partial charge is 0.485 e. The Morgan fingerprint density at radius 3 is 2.07 bits per heavy atom. The number of Topliss-reactive ketones (excluding diaryl/α,β-unsaturated/α-hetero) is 1.